The molecule has 1 aliphatic heterocycles. The van der Waals surface area contributed by atoms with Crippen molar-refractivity contribution in [2.45, 2.75) is 300 Å². The van der Waals surface area contributed by atoms with Gasteiger partial charge < -0.3 is 45.4 Å². The van der Waals surface area contributed by atoms with Gasteiger partial charge in [-0.2, -0.15) is 0 Å². The lowest BCUT2D eigenvalue weighted by atomic mass is 9.98. The number of aliphatic hydroxyl groups is 6. The summed E-state index contributed by atoms with van der Waals surface area (Å²) >= 11 is 0. The Labute approximate surface area is 368 Å². The van der Waals surface area contributed by atoms with Gasteiger partial charge in [-0.15, -0.1) is 0 Å². The van der Waals surface area contributed by atoms with Crippen molar-refractivity contribution < 1.29 is 44.9 Å². The normalized spacial score (nSPS) is 21.0. The number of carbonyl (C=O) groups is 1. The van der Waals surface area contributed by atoms with Crippen LogP contribution >= 0.6 is 0 Å². The van der Waals surface area contributed by atoms with Crippen molar-refractivity contribution in [3.8, 4) is 0 Å². The number of rotatable bonds is 44. The van der Waals surface area contributed by atoms with Gasteiger partial charge >= 0.3 is 0 Å². The zero-order valence-electron chi connectivity index (χ0n) is 39.1. The van der Waals surface area contributed by atoms with Crippen molar-refractivity contribution >= 4 is 5.91 Å². The number of aliphatic hydroxyl groups excluding tert-OH is 6. The van der Waals surface area contributed by atoms with Crippen LogP contribution in [0.3, 0.4) is 0 Å². The van der Waals surface area contributed by atoms with Crippen LogP contribution in [0.5, 0.6) is 0 Å². The molecule has 10 nitrogen and oxygen atoms in total. The second kappa shape index (κ2) is 40.9. The first-order valence-electron chi connectivity index (χ1n) is 25.8. The van der Waals surface area contributed by atoms with Gasteiger partial charge in [-0.05, 0) is 12.8 Å². The molecule has 2 unspecified atom stereocenters. The zero-order valence-corrected chi connectivity index (χ0v) is 39.1. The SMILES string of the molecule is CCCCCCCCCCCCCCCCCCCCCC(=O)N[C@@H](CO[C@@H]1O[C@H](CO)[C@H](O)C(O)C1O)[C@H](O)[C@H](O)CCCCCCCCCCCCCCCCCC. The molecular weight excluding hydrogens is 759 g/mol. The Hall–Kier alpha value is -0.850. The average molecular weight is 858 g/mol. The maximum absolute atomic E-state index is 13.0. The largest absolute Gasteiger partial charge is 0.394 e. The van der Waals surface area contributed by atoms with Gasteiger partial charge in [0, 0.05) is 6.42 Å². The number of carbonyl (C=O) groups excluding carboxylic acids is 1. The second-order valence-corrected chi connectivity index (χ2v) is 18.5. The molecule has 0 radical (unpaired) electrons. The highest BCUT2D eigenvalue weighted by molar-refractivity contribution is 5.76. The topological polar surface area (TPSA) is 169 Å². The molecule has 0 aromatic carbocycles. The van der Waals surface area contributed by atoms with Crippen LogP contribution in [0.25, 0.3) is 0 Å². The van der Waals surface area contributed by atoms with Crippen LogP contribution in [0.4, 0.5) is 0 Å². The molecule has 8 atom stereocenters. The minimum Gasteiger partial charge on any atom is -0.394 e. The lowest BCUT2D eigenvalue weighted by Gasteiger charge is -2.40. The summed E-state index contributed by atoms with van der Waals surface area (Å²) in [4.78, 5) is 13.0. The van der Waals surface area contributed by atoms with E-state index in [1.54, 1.807) is 0 Å². The first-order chi connectivity index (χ1) is 29.3. The molecule has 60 heavy (non-hydrogen) atoms. The second-order valence-electron chi connectivity index (χ2n) is 18.5. The number of amides is 1. The molecule has 1 amide bonds. The Bertz CT molecular complexity index is 926. The van der Waals surface area contributed by atoms with Gasteiger partial charge in [0.25, 0.3) is 0 Å². The lowest BCUT2D eigenvalue weighted by Crippen LogP contribution is -2.60. The Morgan fingerprint density at radius 2 is 0.867 bits per heavy atom. The first-order valence-corrected chi connectivity index (χ1v) is 25.8. The van der Waals surface area contributed by atoms with Crippen molar-refractivity contribution in [2.24, 2.45) is 0 Å². The fraction of sp³-hybridized carbons (Fsp3) is 0.980. The highest BCUT2D eigenvalue weighted by atomic mass is 16.7. The van der Waals surface area contributed by atoms with Crippen LogP contribution in [0.1, 0.15) is 251 Å². The standard InChI is InChI=1S/C50H99NO9/c1-3-5-7-9-11-13-15-17-19-21-22-23-25-27-29-31-33-35-37-39-45(54)51-42(41-59-50-49(58)48(57)47(56)44(40-52)60-50)46(55)43(53)38-36-34-32-30-28-26-24-20-18-16-14-12-10-8-6-4-2/h42-44,46-50,52-53,55-58H,3-41H2,1-2H3,(H,51,54)/t42-,43+,44+,46-,47-,48?,49?,50+/m0/s1. The quantitative estimate of drug-likeness (QED) is 0.0295. The lowest BCUT2D eigenvalue weighted by molar-refractivity contribution is -0.303. The number of hydrogen-bond donors (Lipinski definition) is 7. The molecule has 0 aromatic heterocycles. The highest BCUT2D eigenvalue weighted by Gasteiger charge is 2.44. The van der Waals surface area contributed by atoms with Crippen LogP contribution in [-0.2, 0) is 14.3 Å². The zero-order chi connectivity index (χ0) is 43.9. The molecule has 1 rings (SSSR count). The number of hydrogen-bond acceptors (Lipinski definition) is 9. The van der Waals surface area contributed by atoms with Crippen molar-refractivity contribution in [2.75, 3.05) is 13.2 Å². The van der Waals surface area contributed by atoms with Crippen LogP contribution in [0.2, 0.25) is 0 Å². The van der Waals surface area contributed by atoms with E-state index in [1.165, 1.54) is 186 Å². The van der Waals surface area contributed by atoms with Crippen LogP contribution in [-0.4, -0.2) is 98.7 Å². The fourth-order valence-corrected chi connectivity index (χ4v) is 8.61. The first kappa shape index (κ1) is 57.2. The molecule has 0 spiro atoms. The summed E-state index contributed by atoms with van der Waals surface area (Å²) in [5, 5.41) is 65.4. The Morgan fingerprint density at radius 3 is 1.23 bits per heavy atom. The smallest absolute Gasteiger partial charge is 0.220 e. The van der Waals surface area contributed by atoms with E-state index in [9.17, 15) is 35.4 Å². The molecule has 0 aliphatic carbocycles. The number of ether oxygens (including phenoxy) is 2. The summed E-state index contributed by atoms with van der Waals surface area (Å²) in [6.07, 6.45) is 35.3. The van der Waals surface area contributed by atoms with E-state index in [-0.39, 0.29) is 18.9 Å². The summed E-state index contributed by atoms with van der Waals surface area (Å²) in [5.41, 5.74) is 0. The van der Waals surface area contributed by atoms with Crippen molar-refractivity contribution in [1.29, 1.82) is 0 Å². The molecule has 1 heterocycles. The summed E-state index contributed by atoms with van der Waals surface area (Å²) < 4.78 is 11.2. The third-order valence-corrected chi connectivity index (χ3v) is 12.8. The summed E-state index contributed by atoms with van der Waals surface area (Å²) in [6, 6.07) is -0.985. The Kier molecular flexibility index (Phi) is 39.0. The molecule has 0 aromatic rings. The molecule has 1 fully saturated rings. The highest BCUT2D eigenvalue weighted by Crippen LogP contribution is 2.23. The molecule has 10 heteroatoms. The Morgan fingerprint density at radius 1 is 0.517 bits per heavy atom. The molecule has 7 N–H and O–H groups in total. The predicted octanol–water partition coefficient (Wildman–Crippen LogP) is 10.5. The maximum atomic E-state index is 13.0. The number of nitrogens with one attached hydrogen (secondary N) is 1. The van der Waals surface area contributed by atoms with E-state index in [4.69, 9.17) is 9.47 Å². The van der Waals surface area contributed by atoms with Gasteiger partial charge in [-0.3, -0.25) is 4.79 Å². The van der Waals surface area contributed by atoms with E-state index >= 15 is 0 Å². The molecule has 1 saturated heterocycles. The van der Waals surface area contributed by atoms with Crippen molar-refractivity contribution in [1.82, 2.24) is 5.32 Å². The predicted molar refractivity (Wildman–Crippen MR) is 246 cm³/mol. The summed E-state index contributed by atoms with van der Waals surface area (Å²) in [7, 11) is 0. The monoisotopic (exact) mass is 858 g/mol. The van der Waals surface area contributed by atoms with Crippen LogP contribution in [0.15, 0.2) is 0 Å². The third kappa shape index (κ3) is 30.3. The van der Waals surface area contributed by atoms with E-state index in [1.807, 2.05) is 0 Å². The summed E-state index contributed by atoms with van der Waals surface area (Å²) in [5.74, 6) is -0.252. The summed E-state index contributed by atoms with van der Waals surface area (Å²) in [6.45, 7) is 3.64. The third-order valence-electron chi connectivity index (χ3n) is 12.8. The van der Waals surface area contributed by atoms with Crippen LogP contribution < -0.4 is 5.32 Å². The minimum absolute atomic E-state index is 0.252. The van der Waals surface area contributed by atoms with Gasteiger partial charge in [-0.1, -0.05) is 232 Å². The maximum Gasteiger partial charge on any atom is 0.220 e. The van der Waals surface area contributed by atoms with E-state index in [2.05, 4.69) is 19.2 Å². The van der Waals surface area contributed by atoms with E-state index < -0.39 is 55.6 Å². The minimum atomic E-state index is -1.60. The van der Waals surface area contributed by atoms with E-state index in [0.717, 1.165) is 38.5 Å². The van der Waals surface area contributed by atoms with Gasteiger partial charge in [0.15, 0.2) is 6.29 Å². The van der Waals surface area contributed by atoms with Crippen LogP contribution in [0, 0.1) is 0 Å². The van der Waals surface area contributed by atoms with Gasteiger partial charge in [-0.25, -0.2) is 0 Å². The van der Waals surface area contributed by atoms with Gasteiger partial charge in [0.05, 0.1) is 25.4 Å². The molecule has 0 bridgehead atoms. The molecule has 358 valence electrons. The van der Waals surface area contributed by atoms with Gasteiger partial charge in [0.2, 0.25) is 5.91 Å². The molecule has 0 saturated carbocycles. The fourth-order valence-electron chi connectivity index (χ4n) is 8.61. The molecular formula is C50H99NO9. The Balaban J connectivity index is 2.32. The number of unbranched alkanes of at least 4 members (excludes halogenated alkanes) is 33. The van der Waals surface area contributed by atoms with Crippen molar-refractivity contribution in [3.63, 3.8) is 0 Å². The average Bonchev–Trinajstić information content (AvgIpc) is 3.25. The van der Waals surface area contributed by atoms with Gasteiger partial charge in [0.1, 0.15) is 30.5 Å². The molecule has 1 aliphatic rings. The van der Waals surface area contributed by atoms with Crippen molar-refractivity contribution in [3.05, 3.63) is 0 Å². The van der Waals surface area contributed by atoms with E-state index in [0.29, 0.717) is 6.42 Å².